The first kappa shape index (κ1) is 40.6. The van der Waals surface area contributed by atoms with Gasteiger partial charge in [0.25, 0.3) is 0 Å². The maximum absolute atomic E-state index is 12.6. The largest absolute Gasteiger partial charge is 0.446 e. The zero-order valence-electron chi connectivity index (χ0n) is 30.2. The van der Waals surface area contributed by atoms with Gasteiger partial charge in [0.15, 0.2) is 5.96 Å². The average molecular weight is 715 g/mol. The standard InChI is InChI=1S/C22H31N7O.C15H22F3NS/c1-14(25-10-5-11-26-20(23)24)15-6-8-17(9-7-15)29-13-16-12-18(22(2,3)4)27-19(16)28-21(29)30;1-14(2,3)12-8-11(6-4-5-7-19)9-13(10-12)20-15(16,17)18/h6-9,12-14,25H,5,10-11H2,1-4H3,(H4,23,24,26)(H,27,28,30);8-10H,4-7,19H2,1-3H3/t14-;/m0./s1. The number of fused-ring (bicyclic) bond motifs is 1. The third-order valence-electron chi connectivity index (χ3n) is 8.05. The van der Waals surface area contributed by atoms with Crippen molar-refractivity contribution in [3.05, 3.63) is 87.6 Å². The Morgan fingerprint density at radius 1 is 0.980 bits per heavy atom. The Morgan fingerprint density at radius 3 is 2.24 bits per heavy atom. The van der Waals surface area contributed by atoms with Crippen LogP contribution in [-0.2, 0) is 17.3 Å². The molecule has 4 aromatic rings. The van der Waals surface area contributed by atoms with E-state index in [4.69, 9.17) is 17.2 Å². The van der Waals surface area contributed by atoms with Gasteiger partial charge in [0.1, 0.15) is 5.65 Å². The lowest BCUT2D eigenvalue weighted by Crippen LogP contribution is -2.24. The average Bonchev–Trinajstić information content (AvgIpc) is 3.43. The Hall–Kier alpha value is -3.81. The molecule has 8 N–H and O–H groups in total. The fraction of sp³-hybridized carbons (Fsp3) is 0.486. The topological polar surface area (TPSA) is 153 Å². The molecule has 0 saturated carbocycles. The second kappa shape index (κ2) is 17.4. The number of aromatic nitrogens is 3. The number of aliphatic imine (C=N–C) groups is 1. The number of guanidine groups is 1. The molecule has 0 aliphatic carbocycles. The Bertz CT molecular complexity index is 1760. The van der Waals surface area contributed by atoms with Crippen LogP contribution in [0.25, 0.3) is 16.7 Å². The molecule has 2 heterocycles. The van der Waals surface area contributed by atoms with E-state index < -0.39 is 5.51 Å². The molecule has 9 nitrogen and oxygen atoms in total. The summed E-state index contributed by atoms with van der Waals surface area (Å²) in [5, 5.41) is 4.36. The molecule has 4 rings (SSSR count). The zero-order valence-corrected chi connectivity index (χ0v) is 31.1. The predicted octanol–water partition coefficient (Wildman–Crippen LogP) is 7.20. The van der Waals surface area contributed by atoms with Gasteiger partial charge in [0.05, 0.1) is 5.69 Å². The number of aryl methyl sites for hydroxylation is 1. The Balaban J connectivity index is 0.000000295. The molecule has 0 bridgehead atoms. The summed E-state index contributed by atoms with van der Waals surface area (Å²) in [4.78, 5) is 24.3. The molecule has 13 heteroatoms. The van der Waals surface area contributed by atoms with Gasteiger partial charge < -0.3 is 27.5 Å². The Labute approximate surface area is 297 Å². The van der Waals surface area contributed by atoms with E-state index >= 15 is 0 Å². The third kappa shape index (κ3) is 12.8. The van der Waals surface area contributed by atoms with E-state index in [-0.39, 0.29) is 45.2 Å². The van der Waals surface area contributed by atoms with Crippen LogP contribution < -0.4 is 28.2 Å². The molecule has 0 spiro atoms. The van der Waals surface area contributed by atoms with Crippen molar-refractivity contribution in [3.63, 3.8) is 0 Å². The number of H-pyrrole nitrogens is 1. The zero-order chi connectivity index (χ0) is 37.3. The maximum Gasteiger partial charge on any atom is 0.446 e. The number of alkyl halides is 3. The number of hydrogen-bond donors (Lipinski definition) is 5. The van der Waals surface area contributed by atoms with Crippen molar-refractivity contribution in [3.8, 4) is 5.69 Å². The molecule has 274 valence electrons. The predicted molar refractivity (Wildman–Crippen MR) is 201 cm³/mol. The van der Waals surface area contributed by atoms with Crippen LogP contribution >= 0.6 is 11.8 Å². The number of halogens is 3. The van der Waals surface area contributed by atoms with Gasteiger partial charge in [-0.1, -0.05) is 59.7 Å². The van der Waals surface area contributed by atoms with Crippen LogP contribution in [0.15, 0.2) is 69.4 Å². The van der Waals surface area contributed by atoms with Crippen molar-refractivity contribution in [2.24, 2.45) is 22.2 Å². The first-order chi connectivity index (χ1) is 23.3. The highest BCUT2D eigenvalue weighted by Crippen LogP contribution is 2.39. The number of rotatable bonds is 12. The number of nitrogens with zero attached hydrogens (tertiary/aromatic N) is 3. The number of nitrogens with two attached hydrogens (primary N) is 3. The van der Waals surface area contributed by atoms with Gasteiger partial charge in [-0.25, -0.2) is 4.79 Å². The normalized spacial score (nSPS) is 12.8. The SMILES string of the molecule is CC(C)(C)c1cc(CCCCN)cc(SC(F)(F)F)c1.C[C@H](NCCCN=C(N)N)c1ccc(-n2cc3cc(C(C)(C)C)[nH]c3nc2=O)cc1. The second-order valence-corrected chi connectivity index (χ2v) is 15.6. The molecule has 2 aromatic heterocycles. The molecule has 50 heavy (non-hydrogen) atoms. The summed E-state index contributed by atoms with van der Waals surface area (Å²) in [7, 11) is 0. The highest BCUT2D eigenvalue weighted by Gasteiger charge is 2.30. The first-order valence-corrected chi connectivity index (χ1v) is 17.7. The van der Waals surface area contributed by atoms with Crippen molar-refractivity contribution in [2.75, 3.05) is 19.6 Å². The molecule has 0 radical (unpaired) electrons. The molecule has 0 unspecified atom stereocenters. The van der Waals surface area contributed by atoms with E-state index in [1.54, 1.807) is 16.7 Å². The van der Waals surface area contributed by atoms with Crippen molar-refractivity contribution < 1.29 is 13.2 Å². The van der Waals surface area contributed by atoms with E-state index in [0.717, 1.165) is 65.7 Å². The van der Waals surface area contributed by atoms with Gasteiger partial charge >= 0.3 is 11.2 Å². The summed E-state index contributed by atoms with van der Waals surface area (Å²) >= 11 is -0.0403. The van der Waals surface area contributed by atoms with Gasteiger partial charge in [0, 0.05) is 40.2 Å². The quantitative estimate of drug-likeness (QED) is 0.0450. The summed E-state index contributed by atoms with van der Waals surface area (Å²) in [5.41, 5.74) is 16.9. The van der Waals surface area contributed by atoms with Crippen LogP contribution in [0.5, 0.6) is 0 Å². The van der Waals surface area contributed by atoms with Gasteiger partial charge in [0.2, 0.25) is 0 Å². The first-order valence-electron chi connectivity index (χ1n) is 16.9. The van der Waals surface area contributed by atoms with Crippen LogP contribution in [0.2, 0.25) is 0 Å². The molecule has 0 aliphatic heterocycles. The monoisotopic (exact) mass is 714 g/mol. The second-order valence-electron chi connectivity index (χ2n) is 14.5. The van der Waals surface area contributed by atoms with E-state index in [1.165, 1.54) is 0 Å². The molecule has 0 amide bonds. The van der Waals surface area contributed by atoms with Crippen LogP contribution in [0.4, 0.5) is 13.2 Å². The summed E-state index contributed by atoms with van der Waals surface area (Å²) < 4.78 is 39.2. The van der Waals surface area contributed by atoms with Crippen molar-refractivity contribution >= 4 is 28.8 Å². The molecular formula is C37H53F3N8OS. The summed E-state index contributed by atoms with van der Waals surface area (Å²) in [6.45, 7) is 16.5. The number of thioether (sulfide) groups is 1. The third-order valence-corrected chi connectivity index (χ3v) is 8.76. The summed E-state index contributed by atoms with van der Waals surface area (Å²) in [6, 6.07) is 15.5. The van der Waals surface area contributed by atoms with Crippen LogP contribution in [0, 0.1) is 0 Å². The van der Waals surface area contributed by atoms with E-state index in [2.05, 4.69) is 54.0 Å². The lowest BCUT2D eigenvalue weighted by Gasteiger charge is -2.21. The molecule has 0 fully saturated rings. The fourth-order valence-corrected chi connectivity index (χ4v) is 5.80. The Morgan fingerprint density at radius 2 is 1.66 bits per heavy atom. The smallest absolute Gasteiger partial charge is 0.370 e. The van der Waals surface area contributed by atoms with Crippen molar-refractivity contribution in [1.29, 1.82) is 0 Å². The van der Waals surface area contributed by atoms with Crippen molar-refractivity contribution in [2.45, 2.75) is 101 Å². The lowest BCUT2D eigenvalue weighted by atomic mass is 9.86. The fourth-order valence-electron chi connectivity index (χ4n) is 5.13. The maximum atomic E-state index is 12.6. The van der Waals surface area contributed by atoms with E-state index in [0.29, 0.717) is 18.7 Å². The van der Waals surface area contributed by atoms with Crippen LogP contribution in [0.3, 0.4) is 0 Å². The molecule has 1 atom stereocenters. The molecule has 2 aromatic carbocycles. The van der Waals surface area contributed by atoms with Gasteiger partial charge in [-0.05, 0) is 110 Å². The van der Waals surface area contributed by atoms with E-state index in [9.17, 15) is 18.0 Å². The highest BCUT2D eigenvalue weighted by molar-refractivity contribution is 8.00. The molecule has 0 saturated heterocycles. The Kier molecular flexibility index (Phi) is 14.1. The summed E-state index contributed by atoms with van der Waals surface area (Å²) in [5.74, 6) is 0.121. The number of unbranched alkanes of at least 4 members (excludes halogenated alkanes) is 1. The number of benzene rings is 2. The lowest BCUT2D eigenvalue weighted by molar-refractivity contribution is -0.0328. The molecular weight excluding hydrogens is 662 g/mol. The number of aromatic amines is 1. The minimum absolute atomic E-state index is 0.0390. The highest BCUT2D eigenvalue weighted by atomic mass is 32.2. The number of nitrogens with one attached hydrogen (secondary N) is 2. The van der Waals surface area contributed by atoms with Gasteiger partial charge in [-0.15, -0.1) is 0 Å². The van der Waals surface area contributed by atoms with Gasteiger partial charge in [-0.3, -0.25) is 9.56 Å². The van der Waals surface area contributed by atoms with Crippen LogP contribution in [-0.4, -0.2) is 45.6 Å². The summed E-state index contributed by atoms with van der Waals surface area (Å²) in [6.07, 6.45) is 5.26. The van der Waals surface area contributed by atoms with Crippen LogP contribution in [0.1, 0.15) is 96.2 Å². The van der Waals surface area contributed by atoms with Crippen molar-refractivity contribution in [1.82, 2.24) is 19.9 Å². The van der Waals surface area contributed by atoms with Gasteiger partial charge in [-0.2, -0.15) is 18.2 Å². The minimum atomic E-state index is -4.25. The minimum Gasteiger partial charge on any atom is -0.370 e. The number of hydrogen-bond acceptors (Lipinski definition) is 6. The van der Waals surface area contributed by atoms with E-state index in [1.807, 2.05) is 57.3 Å². The molecule has 0 aliphatic rings.